The fourth-order valence-electron chi connectivity index (χ4n) is 4.82. The molecule has 7 nitrogen and oxygen atoms in total. The Balaban J connectivity index is 1.33. The molecule has 1 aliphatic carbocycles. The van der Waals surface area contributed by atoms with Crippen molar-refractivity contribution in [1.82, 2.24) is 25.1 Å². The van der Waals surface area contributed by atoms with E-state index in [0.717, 1.165) is 44.6 Å². The molecule has 2 aliphatic heterocycles. The third kappa shape index (κ3) is 4.38. The minimum Gasteiger partial charge on any atom is -0.354 e. The molecule has 154 valence electrons. The van der Waals surface area contributed by atoms with Crippen LogP contribution in [-0.4, -0.2) is 95.6 Å². The predicted molar refractivity (Wildman–Crippen MR) is 117 cm³/mol. The van der Waals surface area contributed by atoms with Gasteiger partial charge in [0.25, 0.3) is 0 Å². The smallest absolute Gasteiger partial charge is 0.225 e. The highest BCUT2D eigenvalue weighted by Crippen LogP contribution is 2.36. The molecule has 3 fully saturated rings. The molecule has 0 radical (unpaired) electrons. The van der Waals surface area contributed by atoms with Crippen LogP contribution in [0.2, 0.25) is 0 Å². The van der Waals surface area contributed by atoms with Crippen molar-refractivity contribution in [3.63, 3.8) is 0 Å². The fourth-order valence-corrected chi connectivity index (χ4v) is 5.73. The number of thioether (sulfide) groups is 1. The van der Waals surface area contributed by atoms with Crippen LogP contribution < -0.4 is 10.2 Å². The van der Waals surface area contributed by atoms with E-state index >= 15 is 0 Å². The van der Waals surface area contributed by atoms with E-state index in [2.05, 4.69) is 46.7 Å². The Bertz CT molecular complexity index is 633. The quantitative estimate of drug-likeness (QED) is 0.604. The number of hydrogen-bond acceptors (Lipinski definition) is 6. The summed E-state index contributed by atoms with van der Waals surface area (Å²) in [5, 5.41) is 3.75. The Morgan fingerprint density at radius 2 is 1.75 bits per heavy atom. The van der Waals surface area contributed by atoms with Crippen molar-refractivity contribution in [1.29, 1.82) is 0 Å². The summed E-state index contributed by atoms with van der Waals surface area (Å²) in [6.07, 6.45) is 8.99. The highest BCUT2D eigenvalue weighted by molar-refractivity contribution is 7.99. The van der Waals surface area contributed by atoms with Crippen molar-refractivity contribution in [3.05, 3.63) is 18.5 Å². The van der Waals surface area contributed by atoms with E-state index in [0.29, 0.717) is 5.54 Å². The van der Waals surface area contributed by atoms with Gasteiger partial charge in [-0.05, 0) is 18.9 Å². The summed E-state index contributed by atoms with van der Waals surface area (Å²) in [7, 11) is 1.91. The highest BCUT2D eigenvalue weighted by atomic mass is 32.2. The standard InChI is InChI=1S/C20H33N7S/c1-21-18(25-9-11-26(12-10-25)19-22-7-4-8-23-19)24-17-20(5-2-3-6-20)27-13-15-28-16-14-27/h4,7-8H,2-3,5-6,9-17H2,1H3,(H,21,24). The van der Waals surface area contributed by atoms with Crippen molar-refractivity contribution in [2.45, 2.75) is 31.2 Å². The molecule has 0 unspecified atom stereocenters. The number of piperazine rings is 1. The number of rotatable bonds is 4. The molecule has 0 spiro atoms. The van der Waals surface area contributed by atoms with Crippen LogP contribution in [-0.2, 0) is 0 Å². The summed E-state index contributed by atoms with van der Waals surface area (Å²) in [6, 6.07) is 1.87. The first-order chi connectivity index (χ1) is 13.8. The SMILES string of the molecule is CN=C(NCC1(N2CCSCC2)CCCC1)N1CCN(c2ncccn2)CC1. The predicted octanol–water partition coefficient (Wildman–Crippen LogP) is 1.54. The topological polar surface area (TPSA) is 59.9 Å². The van der Waals surface area contributed by atoms with Gasteiger partial charge in [-0.15, -0.1) is 0 Å². The van der Waals surface area contributed by atoms with Gasteiger partial charge in [-0.2, -0.15) is 11.8 Å². The summed E-state index contributed by atoms with van der Waals surface area (Å²) in [6.45, 7) is 7.25. The van der Waals surface area contributed by atoms with E-state index in [9.17, 15) is 0 Å². The van der Waals surface area contributed by atoms with Crippen LogP contribution >= 0.6 is 11.8 Å². The molecule has 0 aromatic carbocycles. The van der Waals surface area contributed by atoms with Crippen molar-refractivity contribution >= 4 is 23.7 Å². The van der Waals surface area contributed by atoms with Gasteiger partial charge in [-0.25, -0.2) is 9.97 Å². The zero-order chi connectivity index (χ0) is 19.2. The normalized spacial score (nSPS) is 23.8. The van der Waals surface area contributed by atoms with E-state index in [1.807, 2.05) is 25.5 Å². The number of aliphatic imine (C=N–C) groups is 1. The zero-order valence-electron chi connectivity index (χ0n) is 17.0. The number of anilines is 1. The van der Waals surface area contributed by atoms with Gasteiger partial charge in [0.15, 0.2) is 5.96 Å². The maximum atomic E-state index is 4.61. The molecular weight excluding hydrogens is 370 g/mol. The molecule has 0 bridgehead atoms. The van der Waals surface area contributed by atoms with Gasteiger partial charge < -0.3 is 15.1 Å². The van der Waals surface area contributed by atoms with E-state index in [4.69, 9.17) is 0 Å². The van der Waals surface area contributed by atoms with Gasteiger partial charge in [0.1, 0.15) is 0 Å². The second kappa shape index (κ2) is 9.31. The van der Waals surface area contributed by atoms with E-state index in [1.165, 1.54) is 50.3 Å². The molecule has 3 aliphatic rings. The monoisotopic (exact) mass is 403 g/mol. The molecule has 1 aromatic rings. The molecule has 8 heteroatoms. The van der Waals surface area contributed by atoms with E-state index < -0.39 is 0 Å². The molecule has 4 rings (SSSR count). The van der Waals surface area contributed by atoms with Crippen LogP contribution in [0.5, 0.6) is 0 Å². The third-order valence-corrected chi connectivity index (χ3v) is 7.36. The van der Waals surface area contributed by atoms with E-state index in [1.54, 1.807) is 0 Å². The lowest BCUT2D eigenvalue weighted by Crippen LogP contribution is -2.59. The van der Waals surface area contributed by atoms with Crippen molar-refractivity contribution in [2.24, 2.45) is 4.99 Å². The highest BCUT2D eigenvalue weighted by Gasteiger charge is 2.40. The van der Waals surface area contributed by atoms with Gasteiger partial charge in [-0.1, -0.05) is 12.8 Å². The van der Waals surface area contributed by atoms with Crippen molar-refractivity contribution in [3.8, 4) is 0 Å². The van der Waals surface area contributed by atoms with Crippen LogP contribution in [0.15, 0.2) is 23.5 Å². The summed E-state index contributed by atoms with van der Waals surface area (Å²) in [5.74, 6) is 4.43. The number of guanidine groups is 1. The largest absolute Gasteiger partial charge is 0.354 e. The lowest BCUT2D eigenvalue weighted by atomic mass is 9.94. The zero-order valence-corrected chi connectivity index (χ0v) is 17.8. The molecule has 3 heterocycles. The van der Waals surface area contributed by atoms with Crippen LogP contribution in [0.1, 0.15) is 25.7 Å². The van der Waals surface area contributed by atoms with E-state index in [-0.39, 0.29) is 0 Å². The third-order valence-electron chi connectivity index (χ3n) is 6.42. The summed E-state index contributed by atoms with van der Waals surface area (Å²) < 4.78 is 0. The van der Waals surface area contributed by atoms with Gasteiger partial charge in [-0.3, -0.25) is 9.89 Å². The van der Waals surface area contributed by atoms with Crippen molar-refractivity contribution < 1.29 is 0 Å². The minimum atomic E-state index is 0.330. The van der Waals surface area contributed by atoms with Crippen LogP contribution in [0, 0.1) is 0 Å². The fraction of sp³-hybridized carbons (Fsp3) is 0.750. The van der Waals surface area contributed by atoms with Gasteiger partial charge in [0, 0.05) is 82.3 Å². The second-order valence-electron chi connectivity index (χ2n) is 7.95. The van der Waals surface area contributed by atoms with Crippen LogP contribution in [0.25, 0.3) is 0 Å². The molecule has 28 heavy (non-hydrogen) atoms. The number of nitrogens with one attached hydrogen (secondary N) is 1. The Morgan fingerprint density at radius 1 is 1.07 bits per heavy atom. The van der Waals surface area contributed by atoms with Crippen molar-refractivity contribution in [2.75, 3.05) is 69.3 Å². The Labute approximate surface area is 173 Å². The molecule has 2 saturated heterocycles. The van der Waals surface area contributed by atoms with Gasteiger partial charge in [0.05, 0.1) is 0 Å². The lowest BCUT2D eigenvalue weighted by Gasteiger charge is -2.44. The Morgan fingerprint density at radius 3 is 2.39 bits per heavy atom. The first-order valence-corrected chi connectivity index (χ1v) is 11.8. The summed E-state index contributed by atoms with van der Waals surface area (Å²) >= 11 is 2.10. The first kappa shape index (κ1) is 19.8. The Kier molecular flexibility index (Phi) is 6.57. The number of nitrogens with zero attached hydrogens (tertiary/aromatic N) is 6. The maximum absolute atomic E-state index is 4.61. The Hall–Kier alpha value is -1.54. The summed E-state index contributed by atoms with van der Waals surface area (Å²) in [5.41, 5.74) is 0.330. The van der Waals surface area contributed by atoms with Crippen LogP contribution in [0.3, 0.4) is 0 Å². The van der Waals surface area contributed by atoms with Crippen LogP contribution in [0.4, 0.5) is 5.95 Å². The second-order valence-corrected chi connectivity index (χ2v) is 9.18. The maximum Gasteiger partial charge on any atom is 0.225 e. The van der Waals surface area contributed by atoms with Gasteiger partial charge >= 0.3 is 0 Å². The first-order valence-electron chi connectivity index (χ1n) is 10.6. The lowest BCUT2D eigenvalue weighted by molar-refractivity contribution is 0.106. The number of aromatic nitrogens is 2. The average Bonchev–Trinajstić information content (AvgIpc) is 3.26. The number of hydrogen-bond donors (Lipinski definition) is 1. The molecule has 0 atom stereocenters. The molecule has 1 aromatic heterocycles. The van der Waals surface area contributed by atoms with Gasteiger partial charge in [0.2, 0.25) is 5.95 Å². The minimum absolute atomic E-state index is 0.330. The molecule has 0 amide bonds. The molecule has 1 N–H and O–H groups in total. The summed E-state index contributed by atoms with van der Waals surface area (Å²) in [4.78, 5) is 20.8. The molecular formula is C20H33N7S. The molecule has 1 saturated carbocycles. The average molecular weight is 404 g/mol.